The number of methoxy groups -OCH3 is 1. The molecule has 0 radical (unpaired) electrons. The summed E-state index contributed by atoms with van der Waals surface area (Å²) in [6.07, 6.45) is 5.73. The van der Waals surface area contributed by atoms with Crippen molar-refractivity contribution in [1.29, 1.82) is 0 Å². The van der Waals surface area contributed by atoms with Crippen LogP contribution in [0.4, 0.5) is 0 Å². The summed E-state index contributed by atoms with van der Waals surface area (Å²) in [4.78, 5) is 14.5. The predicted octanol–water partition coefficient (Wildman–Crippen LogP) is 0.723. The van der Waals surface area contributed by atoms with Crippen LogP contribution in [-0.2, 0) is 21.3 Å². The first-order chi connectivity index (χ1) is 11.6. The molecule has 7 heteroatoms. The van der Waals surface area contributed by atoms with Crippen LogP contribution in [0.3, 0.4) is 0 Å². The summed E-state index contributed by atoms with van der Waals surface area (Å²) in [6.45, 7) is 4.90. The molecule has 2 aliphatic heterocycles. The smallest absolute Gasteiger partial charge is 0.223 e. The fourth-order valence-corrected chi connectivity index (χ4v) is 3.85. The summed E-state index contributed by atoms with van der Waals surface area (Å²) in [5.41, 5.74) is 1.10. The van der Waals surface area contributed by atoms with Crippen LogP contribution in [0.1, 0.15) is 31.4 Å². The summed E-state index contributed by atoms with van der Waals surface area (Å²) in [5, 5.41) is 7.91. The Kier molecular flexibility index (Phi) is 5.53. The molecule has 134 valence electrons. The minimum atomic E-state index is 0.0616. The van der Waals surface area contributed by atoms with Crippen LogP contribution in [0.2, 0.25) is 0 Å². The Morgan fingerprint density at radius 3 is 2.96 bits per heavy atom. The van der Waals surface area contributed by atoms with E-state index in [1.54, 1.807) is 11.8 Å². The van der Waals surface area contributed by atoms with Crippen molar-refractivity contribution in [3.05, 3.63) is 18.0 Å². The number of carbonyl (C=O) groups excluding carboxylic acids is 1. The largest absolute Gasteiger partial charge is 0.383 e. The Balaban J connectivity index is 1.72. The third kappa shape index (κ3) is 3.63. The van der Waals surface area contributed by atoms with Crippen molar-refractivity contribution in [2.24, 2.45) is 13.0 Å². The minimum absolute atomic E-state index is 0.0616. The number of nitrogens with zero attached hydrogens (tertiary/aromatic N) is 3. The number of nitrogens with one attached hydrogen (secondary N) is 1. The van der Waals surface area contributed by atoms with E-state index in [9.17, 15) is 4.79 Å². The van der Waals surface area contributed by atoms with Gasteiger partial charge < -0.3 is 19.7 Å². The Bertz CT molecular complexity index is 562. The van der Waals surface area contributed by atoms with E-state index >= 15 is 0 Å². The van der Waals surface area contributed by atoms with E-state index < -0.39 is 0 Å². The summed E-state index contributed by atoms with van der Waals surface area (Å²) in [5.74, 6) is 0.440. The molecule has 0 aromatic carbocycles. The molecule has 1 aromatic heterocycles. The molecule has 0 saturated carbocycles. The second-order valence-corrected chi connectivity index (χ2v) is 6.82. The van der Waals surface area contributed by atoms with Crippen LogP contribution in [0.5, 0.6) is 0 Å². The van der Waals surface area contributed by atoms with Gasteiger partial charge in [-0.3, -0.25) is 9.48 Å². The van der Waals surface area contributed by atoms with Crippen LogP contribution in [-0.4, -0.2) is 66.1 Å². The molecule has 3 heterocycles. The molecular formula is C17H28N4O3. The molecule has 1 amide bonds. The summed E-state index contributed by atoms with van der Waals surface area (Å²) in [6, 6.07) is 0.439. The van der Waals surface area contributed by atoms with E-state index in [4.69, 9.17) is 9.47 Å². The highest BCUT2D eigenvalue weighted by Crippen LogP contribution is 2.37. The second-order valence-electron chi connectivity index (χ2n) is 6.82. The lowest BCUT2D eigenvalue weighted by Gasteiger charge is -2.28. The van der Waals surface area contributed by atoms with Gasteiger partial charge >= 0.3 is 0 Å². The van der Waals surface area contributed by atoms with E-state index in [-0.39, 0.29) is 24.0 Å². The van der Waals surface area contributed by atoms with Gasteiger partial charge in [-0.15, -0.1) is 0 Å². The molecule has 0 unspecified atom stereocenters. The molecule has 0 bridgehead atoms. The first-order valence-corrected chi connectivity index (χ1v) is 8.72. The molecule has 1 aromatic rings. The summed E-state index contributed by atoms with van der Waals surface area (Å²) < 4.78 is 12.6. The van der Waals surface area contributed by atoms with Gasteiger partial charge in [0.2, 0.25) is 5.91 Å². The van der Waals surface area contributed by atoms with E-state index in [0.29, 0.717) is 25.6 Å². The van der Waals surface area contributed by atoms with E-state index in [2.05, 4.69) is 17.3 Å². The predicted molar refractivity (Wildman–Crippen MR) is 89.5 cm³/mol. The maximum atomic E-state index is 12.5. The van der Waals surface area contributed by atoms with Crippen LogP contribution < -0.4 is 5.32 Å². The standard InChI is InChI=1S/C17H28N4O3/c1-12-15(4-6-24-12)18-9-13-8-16(22)21(5-7-23-3)17(13)14-10-19-20(2)11-14/h10-13,15,17-18H,4-9H2,1-3H3/t12-,13-,15-,17+/m0/s1. The average Bonchev–Trinajstić information content (AvgIpc) is 3.23. The zero-order valence-electron chi connectivity index (χ0n) is 14.8. The van der Waals surface area contributed by atoms with Crippen molar-refractivity contribution < 1.29 is 14.3 Å². The average molecular weight is 336 g/mol. The van der Waals surface area contributed by atoms with Crippen molar-refractivity contribution in [3.8, 4) is 0 Å². The molecule has 3 rings (SSSR count). The van der Waals surface area contributed by atoms with Gasteiger partial charge in [0.05, 0.1) is 24.9 Å². The van der Waals surface area contributed by atoms with Gasteiger partial charge in [-0.2, -0.15) is 5.10 Å². The molecule has 2 fully saturated rings. The van der Waals surface area contributed by atoms with Gasteiger partial charge in [0.1, 0.15) is 0 Å². The molecule has 0 spiro atoms. The van der Waals surface area contributed by atoms with Crippen molar-refractivity contribution in [2.45, 2.75) is 38.0 Å². The first-order valence-electron chi connectivity index (χ1n) is 8.72. The van der Waals surface area contributed by atoms with Crippen molar-refractivity contribution in [1.82, 2.24) is 20.0 Å². The second kappa shape index (κ2) is 7.63. The van der Waals surface area contributed by atoms with Crippen molar-refractivity contribution >= 4 is 5.91 Å². The number of aryl methyl sites for hydroxylation is 1. The number of amides is 1. The lowest BCUT2D eigenvalue weighted by Crippen LogP contribution is -2.39. The number of rotatable bonds is 7. The summed E-state index contributed by atoms with van der Waals surface area (Å²) in [7, 11) is 3.57. The zero-order chi connectivity index (χ0) is 17.1. The highest BCUT2D eigenvalue weighted by atomic mass is 16.5. The van der Waals surface area contributed by atoms with Crippen LogP contribution in [0.15, 0.2) is 12.4 Å². The highest BCUT2D eigenvalue weighted by Gasteiger charge is 2.41. The lowest BCUT2D eigenvalue weighted by molar-refractivity contribution is -0.129. The topological polar surface area (TPSA) is 68.6 Å². The van der Waals surface area contributed by atoms with Gasteiger partial charge in [-0.1, -0.05) is 0 Å². The SMILES string of the molecule is COCCN1C(=O)C[C@@H](CN[C@H]2CCO[C@H]2C)[C@@H]1c1cnn(C)c1. The Morgan fingerprint density at radius 1 is 1.50 bits per heavy atom. The minimum Gasteiger partial charge on any atom is -0.383 e. The highest BCUT2D eigenvalue weighted by molar-refractivity contribution is 5.79. The van der Waals surface area contributed by atoms with Gasteiger partial charge in [0.25, 0.3) is 0 Å². The number of hydrogen-bond donors (Lipinski definition) is 1. The van der Waals surface area contributed by atoms with Crippen LogP contribution in [0.25, 0.3) is 0 Å². The normalized spacial score (nSPS) is 30.5. The third-order valence-electron chi connectivity index (χ3n) is 5.16. The van der Waals surface area contributed by atoms with Gasteiger partial charge in [0, 0.05) is 64.0 Å². The molecule has 24 heavy (non-hydrogen) atoms. The number of aromatic nitrogens is 2. The van der Waals surface area contributed by atoms with Gasteiger partial charge in [-0.25, -0.2) is 0 Å². The number of carbonyl (C=O) groups is 1. The van der Waals surface area contributed by atoms with Crippen LogP contribution in [0, 0.1) is 5.92 Å². The zero-order valence-corrected chi connectivity index (χ0v) is 14.8. The number of hydrogen-bond acceptors (Lipinski definition) is 5. The number of likely N-dealkylation sites (tertiary alicyclic amines) is 1. The Morgan fingerprint density at radius 2 is 2.33 bits per heavy atom. The molecule has 0 aliphatic carbocycles. The van der Waals surface area contributed by atoms with E-state index in [1.807, 2.05) is 24.3 Å². The third-order valence-corrected chi connectivity index (χ3v) is 5.16. The molecular weight excluding hydrogens is 308 g/mol. The molecule has 4 atom stereocenters. The molecule has 2 saturated heterocycles. The quantitative estimate of drug-likeness (QED) is 0.795. The summed E-state index contributed by atoms with van der Waals surface area (Å²) >= 11 is 0. The van der Waals surface area contributed by atoms with Gasteiger partial charge in [0.15, 0.2) is 0 Å². The Hall–Kier alpha value is -1.44. The lowest BCUT2D eigenvalue weighted by atomic mass is 9.95. The monoisotopic (exact) mass is 336 g/mol. The maximum absolute atomic E-state index is 12.5. The first kappa shape index (κ1) is 17.4. The molecule has 7 nitrogen and oxygen atoms in total. The Labute approximate surface area is 143 Å². The molecule has 2 aliphatic rings. The van der Waals surface area contributed by atoms with Crippen molar-refractivity contribution in [2.75, 3.05) is 33.4 Å². The fraction of sp³-hybridized carbons (Fsp3) is 0.765. The molecule has 1 N–H and O–H groups in total. The fourth-order valence-electron chi connectivity index (χ4n) is 3.85. The van der Waals surface area contributed by atoms with Gasteiger partial charge in [-0.05, 0) is 13.3 Å². The van der Waals surface area contributed by atoms with Crippen LogP contribution >= 0.6 is 0 Å². The van der Waals surface area contributed by atoms with E-state index in [1.165, 1.54) is 0 Å². The van der Waals surface area contributed by atoms with Crippen molar-refractivity contribution in [3.63, 3.8) is 0 Å². The number of ether oxygens (including phenoxy) is 2. The maximum Gasteiger partial charge on any atom is 0.223 e. The van der Waals surface area contributed by atoms with E-state index in [0.717, 1.165) is 25.1 Å².